The molecular formula is C13H21N3O4S. The number of hydrogen-bond acceptors (Lipinski definition) is 5. The molecule has 0 spiro atoms. The minimum absolute atomic E-state index is 0.0676. The van der Waals surface area contributed by atoms with E-state index in [0.29, 0.717) is 5.92 Å². The average molecular weight is 315 g/mol. The van der Waals surface area contributed by atoms with E-state index in [1.54, 1.807) is 6.92 Å². The maximum atomic E-state index is 12.2. The van der Waals surface area contributed by atoms with Crippen molar-refractivity contribution in [3.63, 3.8) is 0 Å². The highest BCUT2D eigenvalue weighted by atomic mass is 32.2. The molecular weight excluding hydrogens is 294 g/mol. The molecule has 8 heteroatoms. The summed E-state index contributed by atoms with van der Waals surface area (Å²) in [6.07, 6.45) is 1.63. The number of nitro groups is 1. The predicted molar refractivity (Wildman–Crippen MR) is 81.4 cm³/mol. The van der Waals surface area contributed by atoms with E-state index in [1.165, 1.54) is 6.07 Å². The maximum Gasteiger partial charge on any atom is 0.292 e. The first-order chi connectivity index (χ1) is 9.63. The monoisotopic (exact) mass is 315 g/mol. The van der Waals surface area contributed by atoms with E-state index in [1.807, 2.05) is 0 Å². The summed E-state index contributed by atoms with van der Waals surface area (Å²) in [6.45, 7) is 5.92. The summed E-state index contributed by atoms with van der Waals surface area (Å²) in [5.74, 6) is 0.493. The summed E-state index contributed by atoms with van der Waals surface area (Å²) in [6, 6.07) is 3.18. The summed E-state index contributed by atoms with van der Waals surface area (Å²) in [5.41, 5.74) is 5.04. The summed E-state index contributed by atoms with van der Waals surface area (Å²) >= 11 is 0. The van der Waals surface area contributed by atoms with Crippen molar-refractivity contribution in [2.75, 3.05) is 5.73 Å². The van der Waals surface area contributed by atoms with Crippen LogP contribution >= 0.6 is 0 Å². The van der Waals surface area contributed by atoms with Crippen molar-refractivity contribution in [1.29, 1.82) is 0 Å². The standard InChI is InChI=1S/C13H21N3O4S/c1-9(2)4-5-10(3)15-21(19,20)11-6-7-13(16(17)18)12(14)8-11/h6-10,15H,4-5,14H2,1-3H3. The zero-order valence-electron chi connectivity index (χ0n) is 12.4. The zero-order chi connectivity index (χ0) is 16.2. The lowest BCUT2D eigenvalue weighted by Gasteiger charge is -2.15. The molecule has 1 aromatic rings. The number of benzene rings is 1. The number of nitrogen functional groups attached to an aromatic ring is 1. The van der Waals surface area contributed by atoms with Gasteiger partial charge in [0.25, 0.3) is 5.69 Å². The van der Waals surface area contributed by atoms with E-state index in [4.69, 9.17) is 5.73 Å². The Bertz CT molecular complexity index is 614. The van der Waals surface area contributed by atoms with Crippen molar-refractivity contribution in [2.24, 2.45) is 5.92 Å². The smallest absolute Gasteiger partial charge is 0.292 e. The lowest BCUT2D eigenvalue weighted by atomic mass is 10.1. The number of anilines is 1. The number of nitrogens with two attached hydrogens (primary N) is 1. The molecule has 0 radical (unpaired) electrons. The number of nitrogens with zero attached hydrogens (tertiary/aromatic N) is 1. The molecule has 0 aliphatic rings. The molecule has 118 valence electrons. The molecule has 1 rings (SSSR count). The van der Waals surface area contributed by atoms with Crippen LogP contribution in [0.5, 0.6) is 0 Å². The van der Waals surface area contributed by atoms with Gasteiger partial charge in [-0.2, -0.15) is 0 Å². The van der Waals surface area contributed by atoms with E-state index < -0.39 is 14.9 Å². The first-order valence-electron chi connectivity index (χ1n) is 6.69. The van der Waals surface area contributed by atoms with Crippen LogP contribution in [0.4, 0.5) is 11.4 Å². The molecule has 0 saturated carbocycles. The molecule has 0 aliphatic heterocycles. The molecule has 7 nitrogen and oxygen atoms in total. The maximum absolute atomic E-state index is 12.2. The first-order valence-corrected chi connectivity index (χ1v) is 8.18. The van der Waals surface area contributed by atoms with Gasteiger partial charge in [-0.3, -0.25) is 10.1 Å². The van der Waals surface area contributed by atoms with Crippen LogP contribution in [0.3, 0.4) is 0 Å². The van der Waals surface area contributed by atoms with Gasteiger partial charge < -0.3 is 5.73 Å². The average Bonchev–Trinajstić information content (AvgIpc) is 2.35. The fraction of sp³-hybridized carbons (Fsp3) is 0.538. The van der Waals surface area contributed by atoms with Crippen LogP contribution < -0.4 is 10.5 Å². The molecule has 0 heterocycles. The van der Waals surface area contributed by atoms with Gasteiger partial charge in [0.05, 0.1) is 9.82 Å². The van der Waals surface area contributed by atoms with E-state index in [2.05, 4.69) is 18.6 Å². The highest BCUT2D eigenvalue weighted by Gasteiger charge is 2.21. The SMILES string of the molecule is CC(C)CCC(C)NS(=O)(=O)c1ccc([N+](=O)[O-])c(N)c1. The largest absolute Gasteiger partial charge is 0.393 e. The van der Waals surface area contributed by atoms with Gasteiger partial charge in [-0.25, -0.2) is 13.1 Å². The van der Waals surface area contributed by atoms with Crippen molar-refractivity contribution in [3.05, 3.63) is 28.3 Å². The fourth-order valence-electron chi connectivity index (χ4n) is 1.84. The normalized spacial score (nSPS) is 13.3. The molecule has 1 atom stereocenters. The molecule has 0 aliphatic carbocycles. The highest BCUT2D eigenvalue weighted by Crippen LogP contribution is 2.24. The quantitative estimate of drug-likeness (QED) is 0.455. The van der Waals surface area contributed by atoms with Crippen LogP contribution in [-0.4, -0.2) is 19.4 Å². The van der Waals surface area contributed by atoms with Gasteiger partial charge in [0.2, 0.25) is 10.0 Å². The molecule has 1 aromatic carbocycles. The summed E-state index contributed by atoms with van der Waals surface area (Å²) in [7, 11) is -3.72. The molecule has 21 heavy (non-hydrogen) atoms. The van der Waals surface area contributed by atoms with Crippen molar-refractivity contribution in [2.45, 2.75) is 44.6 Å². The zero-order valence-corrected chi connectivity index (χ0v) is 13.2. The second-order valence-corrected chi connectivity index (χ2v) is 7.19. The highest BCUT2D eigenvalue weighted by molar-refractivity contribution is 7.89. The van der Waals surface area contributed by atoms with E-state index in [0.717, 1.165) is 25.0 Å². The Morgan fingerprint density at radius 3 is 2.38 bits per heavy atom. The van der Waals surface area contributed by atoms with Crippen molar-refractivity contribution >= 4 is 21.4 Å². The van der Waals surface area contributed by atoms with Gasteiger partial charge in [-0.15, -0.1) is 0 Å². The van der Waals surface area contributed by atoms with E-state index in [-0.39, 0.29) is 22.3 Å². The Labute approximate surface area is 124 Å². The molecule has 0 bridgehead atoms. The van der Waals surface area contributed by atoms with Crippen molar-refractivity contribution in [1.82, 2.24) is 4.72 Å². The number of nitrogens with one attached hydrogen (secondary N) is 1. The summed E-state index contributed by atoms with van der Waals surface area (Å²) in [5, 5.41) is 10.7. The van der Waals surface area contributed by atoms with E-state index >= 15 is 0 Å². The molecule has 0 aromatic heterocycles. The lowest BCUT2D eigenvalue weighted by Crippen LogP contribution is -2.32. The van der Waals surface area contributed by atoms with Crippen LogP contribution in [0.25, 0.3) is 0 Å². The van der Waals surface area contributed by atoms with Crippen LogP contribution in [0.1, 0.15) is 33.6 Å². The Morgan fingerprint density at radius 2 is 1.90 bits per heavy atom. The number of nitro benzene ring substituents is 1. The number of hydrogen-bond donors (Lipinski definition) is 2. The second kappa shape index (κ2) is 6.86. The summed E-state index contributed by atoms with van der Waals surface area (Å²) in [4.78, 5) is 9.95. The van der Waals surface area contributed by atoms with Crippen LogP contribution in [0.2, 0.25) is 0 Å². The van der Waals surface area contributed by atoms with Gasteiger partial charge >= 0.3 is 0 Å². The fourth-order valence-corrected chi connectivity index (χ4v) is 3.15. The van der Waals surface area contributed by atoms with Crippen LogP contribution in [0, 0.1) is 16.0 Å². The molecule has 1 unspecified atom stereocenters. The van der Waals surface area contributed by atoms with Crippen molar-refractivity contribution in [3.8, 4) is 0 Å². The first kappa shape index (κ1) is 17.4. The minimum Gasteiger partial charge on any atom is -0.393 e. The Kier molecular flexibility index (Phi) is 5.68. The van der Waals surface area contributed by atoms with Gasteiger partial charge in [-0.05, 0) is 37.8 Å². The topological polar surface area (TPSA) is 115 Å². The van der Waals surface area contributed by atoms with E-state index in [9.17, 15) is 18.5 Å². The van der Waals surface area contributed by atoms with Crippen LogP contribution in [0.15, 0.2) is 23.1 Å². The third-order valence-electron chi connectivity index (χ3n) is 3.04. The van der Waals surface area contributed by atoms with Crippen LogP contribution in [-0.2, 0) is 10.0 Å². The van der Waals surface area contributed by atoms with Gasteiger partial charge in [0.1, 0.15) is 5.69 Å². The lowest BCUT2D eigenvalue weighted by molar-refractivity contribution is -0.383. The molecule has 0 fully saturated rings. The minimum atomic E-state index is -3.72. The Balaban J connectivity index is 2.88. The Hall–Kier alpha value is -1.67. The third-order valence-corrected chi connectivity index (χ3v) is 4.63. The van der Waals surface area contributed by atoms with Gasteiger partial charge in [0, 0.05) is 12.1 Å². The number of rotatable bonds is 7. The second-order valence-electron chi connectivity index (χ2n) is 5.47. The molecule has 0 amide bonds. The molecule has 3 N–H and O–H groups in total. The van der Waals surface area contributed by atoms with Gasteiger partial charge in [0.15, 0.2) is 0 Å². The van der Waals surface area contributed by atoms with Gasteiger partial charge in [-0.1, -0.05) is 13.8 Å². The number of sulfonamides is 1. The third kappa shape index (κ3) is 4.98. The summed E-state index contributed by atoms with van der Waals surface area (Å²) < 4.78 is 26.9. The Morgan fingerprint density at radius 1 is 1.29 bits per heavy atom. The predicted octanol–water partition coefficient (Wildman–Crippen LogP) is 2.28. The van der Waals surface area contributed by atoms with Crippen molar-refractivity contribution < 1.29 is 13.3 Å². The molecule has 0 saturated heterocycles.